The molecule has 1 aliphatic carbocycles. The van der Waals surface area contributed by atoms with Gasteiger partial charge in [0.2, 0.25) is 0 Å². The van der Waals surface area contributed by atoms with Crippen LogP contribution in [0.15, 0.2) is 30.3 Å². The number of hydrogen-bond acceptors (Lipinski definition) is 2. The predicted molar refractivity (Wildman–Crippen MR) is 75.2 cm³/mol. The highest BCUT2D eigenvalue weighted by molar-refractivity contribution is 5.14. The first-order valence-corrected chi connectivity index (χ1v) is 7.29. The topological polar surface area (TPSA) is 29.3 Å². The Morgan fingerprint density at radius 1 is 1.11 bits per heavy atom. The van der Waals surface area contributed by atoms with Gasteiger partial charge in [-0.3, -0.25) is 4.90 Å². The van der Waals surface area contributed by atoms with Gasteiger partial charge < -0.3 is 5.73 Å². The van der Waals surface area contributed by atoms with Crippen molar-refractivity contribution in [2.75, 3.05) is 19.6 Å². The van der Waals surface area contributed by atoms with Crippen molar-refractivity contribution >= 4 is 0 Å². The third-order valence-electron chi connectivity index (χ3n) is 4.95. The Labute approximate surface area is 110 Å². The summed E-state index contributed by atoms with van der Waals surface area (Å²) in [6.07, 6.45) is 5.47. The van der Waals surface area contributed by atoms with E-state index >= 15 is 0 Å². The van der Waals surface area contributed by atoms with Crippen molar-refractivity contribution in [1.29, 1.82) is 0 Å². The van der Waals surface area contributed by atoms with Crippen molar-refractivity contribution in [1.82, 2.24) is 4.90 Å². The summed E-state index contributed by atoms with van der Waals surface area (Å²) in [5.41, 5.74) is 7.99. The van der Waals surface area contributed by atoms with E-state index < -0.39 is 0 Å². The molecule has 0 spiro atoms. The maximum absolute atomic E-state index is 6.06. The van der Waals surface area contributed by atoms with Gasteiger partial charge in [0.25, 0.3) is 0 Å². The van der Waals surface area contributed by atoms with Crippen molar-refractivity contribution in [3.05, 3.63) is 35.9 Å². The molecule has 0 amide bonds. The minimum absolute atomic E-state index is 0.493. The largest absolute Gasteiger partial charge is 0.330 e. The summed E-state index contributed by atoms with van der Waals surface area (Å²) in [7, 11) is 0. The number of nitrogens with two attached hydrogens (primary N) is 1. The minimum Gasteiger partial charge on any atom is -0.330 e. The second-order valence-corrected chi connectivity index (χ2v) is 6.10. The molecule has 1 aromatic carbocycles. The van der Waals surface area contributed by atoms with Crippen LogP contribution in [-0.4, -0.2) is 24.5 Å². The summed E-state index contributed by atoms with van der Waals surface area (Å²) in [4.78, 5) is 2.59. The second kappa shape index (κ2) is 5.02. The molecule has 0 aromatic heterocycles. The number of piperidine rings is 1. The highest BCUT2D eigenvalue weighted by Crippen LogP contribution is 2.50. The van der Waals surface area contributed by atoms with Gasteiger partial charge >= 0.3 is 0 Å². The molecule has 0 unspecified atom stereocenters. The predicted octanol–water partition coefficient (Wildman–Crippen LogP) is 2.64. The molecule has 2 nitrogen and oxygen atoms in total. The zero-order chi connectivity index (χ0) is 12.4. The first-order valence-electron chi connectivity index (χ1n) is 7.29. The molecule has 2 fully saturated rings. The molecule has 1 saturated heterocycles. The number of benzene rings is 1. The first kappa shape index (κ1) is 12.2. The Kier molecular flexibility index (Phi) is 3.40. The molecule has 3 rings (SSSR count). The van der Waals surface area contributed by atoms with Gasteiger partial charge in [0.15, 0.2) is 0 Å². The number of hydrogen-bond donors (Lipinski definition) is 1. The second-order valence-electron chi connectivity index (χ2n) is 6.10. The molecule has 1 aliphatic heterocycles. The molecule has 2 heteroatoms. The Bertz CT molecular complexity index is 375. The van der Waals surface area contributed by atoms with E-state index in [1.807, 2.05) is 0 Å². The van der Waals surface area contributed by atoms with Gasteiger partial charge in [-0.2, -0.15) is 0 Å². The van der Waals surface area contributed by atoms with Gasteiger partial charge in [-0.1, -0.05) is 30.3 Å². The molecule has 18 heavy (non-hydrogen) atoms. The van der Waals surface area contributed by atoms with Gasteiger partial charge in [0, 0.05) is 6.54 Å². The molecule has 1 heterocycles. The standard InChI is InChI=1S/C16H24N2/c17-13-16(15-6-7-15)8-10-18(11-9-16)12-14-4-2-1-3-5-14/h1-5,15H,6-13,17H2. The van der Waals surface area contributed by atoms with Crippen LogP contribution in [0.3, 0.4) is 0 Å². The van der Waals surface area contributed by atoms with E-state index in [4.69, 9.17) is 5.73 Å². The van der Waals surface area contributed by atoms with Crippen molar-refractivity contribution < 1.29 is 0 Å². The van der Waals surface area contributed by atoms with E-state index in [-0.39, 0.29) is 0 Å². The lowest BCUT2D eigenvalue weighted by Gasteiger charge is -2.41. The molecule has 0 radical (unpaired) electrons. The number of likely N-dealkylation sites (tertiary alicyclic amines) is 1. The lowest BCUT2D eigenvalue weighted by Crippen LogP contribution is -2.44. The fraction of sp³-hybridized carbons (Fsp3) is 0.625. The number of rotatable bonds is 4. The van der Waals surface area contributed by atoms with Gasteiger partial charge in [0.1, 0.15) is 0 Å². The van der Waals surface area contributed by atoms with Gasteiger partial charge in [-0.05, 0) is 62.2 Å². The zero-order valence-electron chi connectivity index (χ0n) is 11.1. The van der Waals surface area contributed by atoms with Crippen molar-refractivity contribution in [2.45, 2.75) is 32.2 Å². The van der Waals surface area contributed by atoms with E-state index in [2.05, 4.69) is 35.2 Å². The highest BCUT2D eigenvalue weighted by Gasteiger charge is 2.45. The Hall–Kier alpha value is -0.860. The van der Waals surface area contributed by atoms with Gasteiger partial charge in [0.05, 0.1) is 0 Å². The fourth-order valence-electron chi connectivity index (χ4n) is 3.47. The normalized spacial score (nSPS) is 24.1. The average Bonchev–Trinajstić information content (AvgIpc) is 3.26. The van der Waals surface area contributed by atoms with Gasteiger partial charge in [-0.25, -0.2) is 0 Å². The van der Waals surface area contributed by atoms with Gasteiger partial charge in [-0.15, -0.1) is 0 Å². The van der Waals surface area contributed by atoms with Crippen LogP contribution in [0.4, 0.5) is 0 Å². The lowest BCUT2D eigenvalue weighted by molar-refractivity contribution is 0.0858. The maximum atomic E-state index is 6.06. The van der Waals surface area contributed by atoms with Crippen molar-refractivity contribution in [3.63, 3.8) is 0 Å². The quantitative estimate of drug-likeness (QED) is 0.882. The summed E-state index contributed by atoms with van der Waals surface area (Å²) in [5.74, 6) is 0.946. The summed E-state index contributed by atoms with van der Waals surface area (Å²) in [5, 5.41) is 0. The van der Waals surface area contributed by atoms with Crippen LogP contribution < -0.4 is 5.73 Å². The van der Waals surface area contributed by atoms with Crippen LogP contribution in [0.25, 0.3) is 0 Å². The van der Waals surface area contributed by atoms with Crippen LogP contribution in [0.1, 0.15) is 31.2 Å². The molecule has 1 aromatic rings. The molecular formula is C16H24N2. The molecule has 1 saturated carbocycles. The van der Waals surface area contributed by atoms with Crippen molar-refractivity contribution in [3.8, 4) is 0 Å². The van der Waals surface area contributed by atoms with E-state index in [1.54, 1.807) is 0 Å². The lowest BCUT2D eigenvalue weighted by atomic mass is 9.74. The smallest absolute Gasteiger partial charge is 0.0233 e. The minimum atomic E-state index is 0.493. The molecule has 2 N–H and O–H groups in total. The summed E-state index contributed by atoms with van der Waals surface area (Å²) < 4.78 is 0. The monoisotopic (exact) mass is 244 g/mol. The van der Waals surface area contributed by atoms with Crippen LogP contribution >= 0.6 is 0 Å². The SMILES string of the molecule is NCC1(C2CC2)CCN(Cc2ccccc2)CC1. The third kappa shape index (κ3) is 2.45. The van der Waals surface area contributed by atoms with E-state index in [9.17, 15) is 0 Å². The first-order chi connectivity index (χ1) is 8.82. The summed E-state index contributed by atoms with van der Waals surface area (Å²) in [6.45, 7) is 4.45. The molecule has 0 bridgehead atoms. The Balaban J connectivity index is 1.56. The molecule has 2 aliphatic rings. The average molecular weight is 244 g/mol. The summed E-state index contributed by atoms with van der Waals surface area (Å²) in [6, 6.07) is 10.8. The Morgan fingerprint density at radius 3 is 2.33 bits per heavy atom. The zero-order valence-corrected chi connectivity index (χ0v) is 11.1. The fourth-order valence-corrected chi connectivity index (χ4v) is 3.47. The van der Waals surface area contributed by atoms with Crippen LogP contribution in [0, 0.1) is 11.3 Å². The van der Waals surface area contributed by atoms with E-state index in [1.165, 1.54) is 44.3 Å². The van der Waals surface area contributed by atoms with Crippen molar-refractivity contribution in [2.24, 2.45) is 17.1 Å². The molecule has 98 valence electrons. The van der Waals surface area contributed by atoms with Crippen LogP contribution in [0.5, 0.6) is 0 Å². The molecule has 0 atom stereocenters. The highest BCUT2D eigenvalue weighted by atomic mass is 15.1. The maximum Gasteiger partial charge on any atom is 0.0233 e. The third-order valence-corrected chi connectivity index (χ3v) is 4.95. The van der Waals surface area contributed by atoms with E-state index in [0.717, 1.165) is 19.0 Å². The van der Waals surface area contributed by atoms with Crippen LogP contribution in [-0.2, 0) is 6.54 Å². The Morgan fingerprint density at radius 2 is 1.78 bits per heavy atom. The van der Waals surface area contributed by atoms with E-state index in [0.29, 0.717) is 5.41 Å². The van der Waals surface area contributed by atoms with Crippen LogP contribution in [0.2, 0.25) is 0 Å². The summed E-state index contributed by atoms with van der Waals surface area (Å²) >= 11 is 0. The number of nitrogens with zero attached hydrogens (tertiary/aromatic N) is 1. The molecular weight excluding hydrogens is 220 g/mol.